The Morgan fingerprint density at radius 3 is 2.77 bits per heavy atom. The van der Waals surface area contributed by atoms with Gasteiger partial charge in [0.1, 0.15) is 0 Å². The smallest absolute Gasteiger partial charge is 0.165 e. The molecule has 1 aromatic rings. The van der Waals surface area contributed by atoms with Crippen molar-refractivity contribution in [3.05, 3.63) is 33.3 Å². The molecule has 0 bridgehead atoms. The highest BCUT2D eigenvalue weighted by atomic mass is 79.9. The number of rotatable bonds is 3. The summed E-state index contributed by atoms with van der Waals surface area (Å²) in [6.45, 7) is 0. The summed E-state index contributed by atoms with van der Waals surface area (Å²) in [6.07, 6.45) is 0.317. The summed E-state index contributed by atoms with van der Waals surface area (Å²) in [7, 11) is 0. The third-order valence-corrected chi connectivity index (χ3v) is 2.56. The van der Waals surface area contributed by atoms with Crippen molar-refractivity contribution in [1.29, 1.82) is 0 Å². The summed E-state index contributed by atoms with van der Waals surface area (Å²) in [6, 6.07) is 5.18. The van der Waals surface area contributed by atoms with Crippen molar-refractivity contribution >= 4 is 44.9 Å². The number of benzene rings is 1. The zero-order valence-electron chi connectivity index (χ0n) is 6.69. The van der Waals surface area contributed by atoms with E-state index in [0.717, 1.165) is 4.47 Å². The number of Topliss-reactive ketones (excluding diaryl/α,β-unsaturated/α-hetero) is 1. The molecule has 1 nitrogen and oxygen atoms in total. The lowest BCUT2D eigenvalue weighted by Crippen LogP contribution is -2.00. The van der Waals surface area contributed by atoms with Crippen LogP contribution < -0.4 is 0 Å². The molecule has 4 heteroatoms. The van der Waals surface area contributed by atoms with E-state index in [0.29, 0.717) is 22.9 Å². The predicted octanol–water partition coefficient (Wildman–Crippen LogP) is 3.91. The average Bonchev–Trinajstić information content (AvgIpc) is 2.09. The molecule has 0 saturated carbocycles. The maximum atomic E-state index is 11.4. The molecule has 70 valence electrons. The highest BCUT2D eigenvalue weighted by molar-refractivity contribution is 9.10. The maximum Gasteiger partial charge on any atom is 0.165 e. The Kier molecular flexibility index (Phi) is 4.23. The predicted molar refractivity (Wildman–Crippen MR) is 58.8 cm³/mol. The van der Waals surface area contributed by atoms with Gasteiger partial charge in [0.15, 0.2) is 5.78 Å². The fourth-order valence-electron chi connectivity index (χ4n) is 0.932. The molecule has 0 spiro atoms. The molecule has 13 heavy (non-hydrogen) atoms. The van der Waals surface area contributed by atoms with Crippen LogP contribution in [0.25, 0.3) is 0 Å². The molecule has 0 heterocycles. The van der Waals surface area contributed by atoms with Crippen LogP contribution in [0.3, 0.4) is 0 Å². The van der Waals surface area contributed by atoms with E-state index in [4.69, 9.17) is 23.2 Å². The van der Waals surface area contributed by atoms with Crippen LogP contribution >= 0.6 is 39.1 Å². The fraction of sp³-hybridized carbons (Fsp3) is 0.222. The third-order valence-electron chi connectivity index (χ3n) is 1.55. The Labute approximate surface area is 95.2 Å². The van der Waals surface area contributed by atoms with Gasteiger partial charge in [0, 0.05) is 22.3 Å². The minimum Gasteiger partial charge on any atom is -0.294 e. The molecule has 0 saturated heterocycles. The van der Waals surface area contributed by atoms with E-state index in [2.05, 4.69) is 15.9 Å². The highest BCUT2D eigenvalue weighted by Gasteiger charge is 2.09. The minimum absolute atomic E-state index is 0.0266. The Bertz CT molecular complexity index is 325. The molecule has 0 atom stereocenters. The molecule has 0 aromatic heterocycles. The number of carbonyl (C=O) groups is 1. The minimum atomic E-state index is -0.0266. The number of halogens is 3. The summed E-state index contributed by atoms with van der Waals surface area (Å²) in [5.74, 6) is 0.295. The van der Waals surface area contributed by atoms with Crippen LogP contribution in [-0.2, 0) is 0 Å². The van der Waals surface area contributed by atoms with Crippen LogP contribution in [0.2, 0.25) is 5.02 Å². The summed E-state index contributed by atoms with van der Waals surface area (Å²) in [5, 5.41) is 0.471. The van der Waals surface area contributed by atoms with E-state index < -0.39 is 0 Å². The molecule has 0 N–H and O–H groups in total. The van der Waals surface area contributed by atoms with Gasteiger partial charge >= 0.3 is 0 Å². The molecule has 0 aliphatic heterocycles. The van der Waals surface area contributed by atoms with Gasteiger partial charge in [-0.3, -0.25) is 4.79 Å². The summed E-state index contributed by atoms with van der Waals surface area (Å²) in [5.41, 5.74) is 0.525. The van der Waals surface area contributed by atoms with E-state index in [1.165, 1.54) is 0 Å². The summed E-state index contributed by atoms with van der Waals surface area (Å²) >= 11 is 14.6. The largest absolute Gasteiger partial charge is 0.294 e. The second-order valence-corrected chi connectivity index (χ2v) is 4.19. The summed E-state index contributed by atoms with van der Waals surface area (Å²) < 4.78 is 0.842. The van der Waals surface area contributed by atoms with Gasteiger partial charge in [-0.05, 0) is 18.2 Å². The van der Waals surface area contributed by atoms with Gasteiger partial charge in [0.05, 0.1) is 5.02 Å². The van der Waals surface area contributed by atoms with Crippen LogP contribution in [0.15, 0.2) is 22.7 Å². The lowest BCUT2D eigenvalue weighted by atomic mass is 10.1. The Morgan fingerprint density at radius 1 is 1.46 bits per heavy atom. The summed E-state index contributed by atoms with van der Waals surface area (Å²) in [4.78, 5) is 11.4. The van der Waals surface area contributed by atoms with Crippen molar-refractivity contribution in [3.8, 4) is 0 Å². The number of carbonyl (C=O) groups excluding carboxylic acids is 1. The number of alkyl halides is 1. The van der Waals surface area contributed by atoms with Crippen molar-refractivity contribution in [2.75, 3.05) is 5.88 Å². The van der Waals surface area contributed by atoms with Crippen molar-refractivity contribution in [3.63, 3.8) is 0 Å². The van der Waals surface area contributed by atoms with Crippen LogP contribution in [0.5, 0.6) is 0 Å². The molecule has 0 amide bonds. The first-order valence-electron chi connectivity index (χ1n) is 3.69. The standard InChI is InChI=1S/C9H7BrCl2O/c10-6-1-2-8(12)7(5-6)9(13)3-4-11/h1-2,5H,3-4H2. The SMILES string of the molecule is O=C(CCCl)c1cc(Br)ccc1Cl. The Balaban J connectivity index is 2.99. The average molecular weight is 282 g/mol. The van der Waals surface area contributed by atoms with Gasteiger partial charge in [-0.1, -0.05) is 27.5 Å². The Hall–Kier alpha value is -0.0500. The molecular formula is C9H7BrCl2O. The van der Waals surface area contributed by atoms with Gasteiger partial charge in [0.2, 0.25) is 0 Å². The Morgan fingerprint density at radius 2 is 2.15 bits per heavy atom. The van der Waals surface area contributed by atoms with Gasteiger partial charge in [-0.15, -0.1) is 11.6 Å². The molecule has 0 fully saturated rings. The number of hydrogen-bond acceptors (Lipinski definition) is 1. The molecule has 0 radical (unpaired) electrons. The van der Waals surface area contributed by atoms with Crippen LogP contribution in [-0.4, -0.2) is 11.7 Å². The normalized spacial score (nSPS) is 10.1. The quantitative estimate of drug-likeness (QED) is 0.606. The van der Waals surface area contributed by atoms with E-state index >= 15 is 0 Å². The third kappa shape index (κ3) is 2.97. The second-order valence-electron chi connectivity index (χ2n) is 2.49. The number of hydrogen-bond donors (Lipinski definition) is 0. The first kappa shape index (κ1) is 11.0. The molecule has 0 unspecified atom stereocenters. The van der Waals surface area contributed by atoms with Crippen molar-refractivity contribution in [2.24, 2.45) is 0 Å². The topological polar surface area (TPSA) is 17.1 Å². The molecule has 0 aliphatic carbocycles. The number of ketones is 1. The van der Waals surface area contributed by atoms with Gasteiger partial charge < -0.3 is 0 Å². The van der Waals surface area contributed by atoms with Gasteiger partial charge in [-0.25, -0.2) is 0 Å². The maximum absolute atomic E-state index is 11.4. The second kappa shape index (κ2) is 4.99. The van der Waals surface area contributed by atoms with E-state index in [-0.39, 0.29) is 5.78 Å². The van der Waals surface area contributed by atoms with E-state index in [9.17, 15) is 4.79 Å². The van der Waals surface area contributed by atoms with Crippen LogP contribution in [0.1, 0.15) is 16.8 Å². The van der Waals surface area contributed by atoms with Crippen molar-refractivity contribution in [1.82, 2.24) is 0 Å². The van der Waals surface area contributed by atoms with E-state index in [1.54, 1.807) is 18.2 Å². The van der Waals surface area contributed by atoms with Gasteiger partial charge in [-0.2, -0.15) is 0 Å². The van der Waals surface area contributed by atoms with Crippen molar-refractivity contribution < 1.29 is 4.79 Å². The zero-order chi connectivity index (χ0) is 9.84. The first-order chi connectivity index (χ1) is 6.15. The molecule has 1 aromatic carbocycles. The lowest BCUT2D eigenvalue weighted by Gasteiger charge is -2.01. The lowest BCUT2D eigenvalue weighted by molar-refractivity contribution is 0.0989. The first-order valence-corrected chi connectivity index (χ1v) is 5.40. The van der Waals surface area contributed by atoms with Crippen LogP contribution in [0.4, 0.5) is 0 Å². The molecule has 1 rings (SSSR count). The molecule has 0 aliphatic rings. The molecular weight excluding hydrogens is 275 g/mol. The monoisotopic (exact) mass is 280 g/mol. The van der Waals surface area contributed by atoms with Crippen molar-refractivity contribution in [2.45, 2.75) is 6.42 Å². The fourth-order valence-corrected chi connectivity index (χ4v) is 1.69. The van der Waals surface area contributed by atoms with E-state index in [1.807, 2.05) is 0 Å². The highest BCUT2D eigenvalue weighted by Crippen LogP contribution is 2.22. The zero-order valence-corrected chi connectivity index (χ0v) is 9.79. The van der Waals surface area contributed by atoms with Gasteiger partial charge in [0.25, 0.3) is 0 Å². The van der Waals surface area contributed by atoms with Crippen LogP contribution in [0, 0.1) is 0 Å².